The summed E-state index contributed by atoms with van der Waals surface area (Å²) >= 11 is 0. The van der Waals surface area contributed by atoms with Gasteiger partial charge in [0.2, 0.25) is 0 Å². The maximum atomic E-state index is 9.99. The van der Waals surface area contributed by atoms with Gasteiger partial charge in [0, 0.05) is 11.9 Å². The highest BCUT2D eigenvalue weighted by Gasteiger charge is 2.19. The fraction of sp³-hybridized carbons (Fsp3) is 0.300. The summed E-state index contributed by atoms with van der Waals surface area (Å²) in [5.41, 5.74) is 4.67. The molecule has 0 aliphatic rings. The molecule has 0 aliphatic carbocycles. The lowest BCUT2D eigenvalue weighted by molar-refractivity contribution is 0.216. The smallest absolute Gasteiger partial charge is 0.120 e. The van der Waals surface area contributed by atoms with Crippen LogP contribution in [-0.2, 0) is 13.3 Å². The van der Waals surface area contributed by atoms with Gasteiger partial charge >= 0.3 is 0 Å². The molecule has 0 saturated carbocycles. The van der Waals surface area contributed by atoms with Crippen molar-refractivity contribution < 1.29 is 5.11 Å². The normalized spacial score (nSPS) is 11.5. The van der Waals surface area contributed by atoms with E-state index in [1.807, 2.05) is 16.7 Å². The van der Waals surface area contributed by atoms with E-state index in [9.17, 15) is 5.11 Å². The van der Waals surface area contributed by atoms with Crippen LogP contribution in [0.25, 0.3) is 22.2 Å². The summed E-state index contributed by atoms with van der Waals surface area (Å²) in [7, 11) is 0. The number of fused-ring (bicyclic) bond motifs is 1. The van der Waals surface area contributed by atoms with Crippen molar-refractivity contribution >= 4 is 10.9 Å². The van der Waals surface area contributed by atoms with Gasteiger partial charge in [-0.25, -0.2) is 0 Å². The standard InChI is InChI=1S/C20H24N2O/c1-3-21(4-2)14-18-17-12-8-9-13-19(17)22(15-23)20(18)16-10-6-5-7-11-16/h5-13,23H,3-4,14-15H2,1-2H3. The first-order valence-electron chi connectivity index (χ1n) is 8.28. The van der Waals surface area contributed by atoms with E-state index in [-0.39, 0.29) is 6.73 Å². The maximum absolute atomic E-state index is 9.99. The number of benzene rings is 2. The summed E-state index contributed by atoms with van der Waals surface area (Å²) in [6.45, 7) is 7.30. The largest absolute Gasteiger partial charge is 0.376 e. The van der Waals surface area contributed by atoms with Crippen LogP contribution in [0.1, 0.15) is 19.4 Å². The third kappa shape index (κ3) is 2.90. The number of hydrogen-bond acceptors (Lipinski definition) is 2. The lowest BCUT2D eigenvalue weighted by Gasteiger charge is -2.19. The van der Waals surface area contributed by atoms with Crippen molar-refractivity contribution in [3.63, 3.8) is 0 Å². The molecule has 2 aromatic carbocycles. The molecule has 0 atom stereocenters. The molecule has 0 aliphatic heterocycles. The van der Waals surface area contributed by atoms with Crippen molar-refractivity contribution in [2.24, 2.45) is 0 Å². The maximum Gasteiger partial charge on any atom is 0.120 e. The average molecular weight is 308 g/mol. The first-order chi connectivity index (χ1) is 11.3. The zero-order valence-corrected chi connectivity index (χ0v) is 13.9. The van der Waals surface area contributed by atoms with Gasteiger partial charge in [-0.1, -0.05) is 62.4 Å². The number of para-hydroxylation sites is 1. The fourth-order valence-corrected chi connectivity index (χ4v) is 3.28. The molecule has 1 aromatic heterocycles. The van der Waals surface area contributed by atoms with Gasteiger partial charge in [0.05, 0.1) is 11.2 Å². The van der Waals surface area contributed by atoms with E-state index in [0.29, 0.717) is 0 Å². The van der Waals surface area contributed by atoms with E-state index in [2.05, 4.69) is 61.2 Å². The van der Waals surface area contributed by atoms with Gasteiger partial charge in [-0.3, -0.25) is 4.90 Å². The molecule has 3 aromatic rings. The predicted molar refractivity (Wildman–Crippen MR) is 96.2 cm³/mol. The van der Waals surface area contributed by atoms with Crippen LogP contribution in [0.2, 0.25) is 0 Å². The van der Waals surface area contributed by atoms with E-state index in [4.69, 9.17) is 0 Å². The van der Waals surface area contributed by atoms with Crippen molar-refractivity contribution in [3.05, 3.63) is 60.2 Å². The minimum Gasteiger partial charge on any atom is -0.376 e. The SMILES string of the molecule is CCN(CC)Cc1c(-c2ccccc2)n(CO)c2ccccc12. The Morgan fingerprint density at radius 1 is 0.913 bits per heavy atom. The zero-order chi connectivity index (χ0) is 16.2. The molecular weight excluding hydrogens is 284 g/mol. The van der Waals surface area contributed by atoms with Gasteiger partial charge in [-0.15, -0.1) is 0 Å². The van der Waals surface area contributed by atoms with Crippen molar-refractivity contribution in [3.8, 4) is 11.3 Å². The quantitative estimate of drug-likeness (QED) is 0.742. The van der Waals surface area contributed by atoms with Crippen molar-refractivity contribution in [2.45, 2.75) is 27.1 Å². The first kappa shape index (κ1) is 15.8. The van der Waals surface area contributed by atoms with Crippen LogP contribution in [0.15, 0.2) is 54.6 Å². The Hall–Kier alpha value is -2.10. The van der Waals surface area contributed by atoms with Crippen LogP contribution < -0.4 is 0 Å². The summed E-state index contributed by atoms with van der Waals surface area (Å²) in [4.78, 5) is 2.41. The average Bonchev–Trinajstić information content (AvgIpc) is 2.93. The number of hydrogen-bond donors (Lipinski definition) is 1. The van der Waals surface area contributed by atoms with E-state index in [0.717, 1.165) is 36.4 Å². The fourth-order valence-electron chi connectivity index (χ4n) is 3.28. The van der Waals surface area contributed by atoms with E-state index >= 15 is 0 Å². The molecule has 3 heteroatoms. The van der Waals surface area contributed by atoms with Gasteiger partial charge in [0.25, 0.3) is 0 Å². The van der Waals surface area contributed by atoms with Crippen LogP contribution in [0.5, 0.6) is 0 Å². The minimum atomic E-state index is -0.0109. The molecule has 120 valence electrons. The third-order valence-electron chi connectivity index (χ3n) is 4.54. The second-order valence-electron chi connectivity index (χ2n) is 5.74. The van der Waals surface area contributed by atoms with Gasteiger partial charge < -0.3 is 9.67 Å². The highest BCUT2D eigenvalue weighted by molar-refractivity contribution is 5.91. The monoisotopic (exact) mass is 308 g/mol. The topological polar surface area (TPSA) is 28.4 Å². The molecule has 0 radical (unpaired) electrons. The number of nitrogens with zero attached hydrogens (tertiary/aromatic N) is 2. The number of aromatic nitrogens is 1. The molecule has 3 nitrogen and oxygen atoms in total. The molecule has 1 heterocycles. The van der Waals surface area contributed by atoms with Gasteiger partial charge in [-0.05, 0) is 30.3 Å². The molecular formula is C20H24N2O. The van der Waals surface area contributed by atoms with Crippen molar-refractivity contribution in [2.75, 3.05) is 13.1 Å². The molecule has 0 bridgehead atoms. The van der Waals surface area contributed by atoms with Crippen LogP contribution in [-0.4, -0.2) is 27.7 Å². The van der Waals surface area contributed by atoms with E-state index < -0.39 is 0 Å². The minimum absolute atomic E-state index is 0.0109. The highest BCUT2D eigenvalue weighted by Crippen LogP contribution is 2.34. The summed E-state index contributed by atoms with van der Waals surface area (Å²) < 4.78 is 2.02. The van der Waals surface area contributed by atoms with Gasteiger partial charge in [-0.2, -0.15) is 0 Å². The second kappa shape index (κ2) is 6.99. The second-order valence-corrected chi connectivity index (χ2v) is 5.74. The van der Waals surface area contributed by atoms with E-state index in [1.165, 1.54) is 10.9 Å². The van der Waals surface area contributed by atoms with Crippen LogP contribution in [0.4, 0.5) is 0 Å². The third-order valence-corrected chi connectivity index (χ3v) is 4.54. The summed E-state index contributed by atoms with van der Waals surface area (Å²) in [6.07, 6.45) is 0. The Bertz CT molecular complexity index is 773. The Morgan fingerprint density at radius 2 is 1.57 bits per heavy atom. The van der Waals surface area contributed by atoms with Crippen molar-refractivity contribution in [1.29, 1.82) is 0 Å². The Morgan fingerprint density at radius 3 is 2.22 bits per heavy atom. The van der Waals surface area contributed by atoms with Crippen LogP contribution in [0, 0.1) is 0 Å². The number of aliphatic hydroxyl groups excluding tert-OH is 1. The van der Waals surface area contributed by atoms with E-state index in [1.54, 1.807) is 0 Å². The predicted octanol–water partition coefficient (Wildman–Crippen LogP) is 4.10. The molecule has 3 rings (SSSR count). The molecule has 23 heavy (non-hydrogen) atoms. The molecule has 0 unspecified atom stereocenters. The highest BCUT2D eigenvalue weighted by atomic mass is 16.3. The van der Waals surface area contributed by atoms with Crippen molar-refractivity contribution in [1.82, 2.24) is 9.47 Å². The molecule has 0 fully saturated rings. The summed E-state index contributed by atoms with van der Waals surface area (Å²) in [5.74, 6) is 0. The lowest BCUT2D eigenvalue weighted by Crippen LogP contribution is -2.22. The molecule has 1 N–H and O–H groups in total. The Kier molecular flexibility index (Phi) is 4.79. The van der Waals surface area contributed by atoms with Crippen LogP contribution >= 0.6 is 0 Å². The number of rotatable bonds is 6. The lowest BCUT2D eigenvalue weighted by atomic mass is 10.0. The van der Waals surface area contributed by atoms with Gasteiger partial charge in [0.1, 0.15) is 6.73 Å². The summed E-state index contributed by atoms with van der Waals surface area (Å²) in [6, 6.07) is 18.7. The molecule has 0 saturated heterocycles. The Balaban J connectivity index is 2.26. The molecule has 0 amide bonds. The first-order valence-corrected chi connectivity index (χ1v) is 8.28. The zero-order valence-electron chi connectivity index (χ0n) is 13.9. The summed E-state index contributed by atoms with van der Waals surface area (Å²) in [5, 5.41) is 11.2. The van der Waals surface area contributed by atoms with Crippen LogP contribution in [0.3, 0.4) is 0 Å². The van der Waals surface area contributed by atoms with Gasteiger partial charge in [0.15, 0.2) is 0 Å². The number of aliphatic hydroxyl groups is 1. The Labute approximate surface area is 137 Å². The molecule has 0 spiro atoms.